The van der Waals surface area contributed by atoms with E-state index in [0.29, 0.717) is 13.2 Å². The summed E-state index contributed by atoms with van der Waals surface area (Å²) in [7, 11) is 0. The molecule has 126 valence electrons. The molecule has 3 rings (SSSR count). The van der Waals surface area contributed by atoms with E-state index < -0.39 is 18.1 Å². The average molecular weight is 329 g/mol. The number of likely N-dealkylation sites (tertiary alicyclic amines) is 1. The fourth-order valence-electron chi connectivity index (χ4n) is 2.88. The summed E-state index contributed by atoms with van der Waals surface area (Å²) >= 11 is 0. The summed E-state index contributed by atoms with van der Waals surface area (Å²) in [6.07, 6.45) is 0.912. The van der Waals surface area contributed by atoms with Gasteiger partial charge in [0.1, 0.15) is 18.5 Å². The molecular formula is C18H20FN3O2. The van der Waals surface area contributed by atoms with Crippen molar-refractivity contribution in [1.82, 2.24) is 9.88 Å². The minimum Gasteiger partial charge on any atom is -0.487 e. The van der Waals surface area contributed by atoms with E-state index in [2.05, 4.69) is 4.98 Å². The Morgan fingerprint density at radius 2 is 2.08 bits per heavy atom. The molecular weight excluding hydrogens is 309 g/mol. The molecule has 1 aromatic heterocycles. The zero-order valence-corrected chi connectivity index (χ0v) is 13.3. The summed E-state index contributed by atoms with van der Waals surface area (Å²) in [5.41, 5.74) is 7.19. The third-order valence-electron chi connectivity index (χ3n) is 4.10. The number of pyridine rings is 1. The van der Waals surface area contributed by atoms with Gasteiger partial charge in [0.2, 0.25) is 5.91 Å². The van der Waals surface area contributed by atoms with Crippen LogP contribution in [0.3, 0.4) is 0 Å². The number of rotatable bonds is 6. The smallest absolute Gasteiger partial charge is 0.234 e. The van der Waals surface area contributed by atoms with Gasteiger partial charge in [-0.25, -0.2) is 4.39 Å². The minimum absolute atomic E-state index is 0.181. The highest BCUT2D eigenvalue weighted by Crippen LogP contribution is 2.23. The highest BCUT2D eigenvalue weighted by Gasteiger charge is 2.35. The fraction of sp³-hybridized carbons (Fsp3) is 0.333. The number of primary amides is 1. The Kier molecular flexibility index (Phi) is 5.05. The lowest BCUT2D eigenvalue weighted by molar-refractivity contribution is -0.122. The number of benzene rings is 1. The summed E-state index contributed by atoms with van der Waals surface area (Å²) in [4.78, 5) is 17.4. The van der Waals surface area contributed by atoms with E-state index in [9.17, 15) is 9.18 Å². The maximum Gasteiger partial charge on any atom is 0.234 e. The molecule has 0 saturated carbocycles. The Morgan fingerprint density at radius 3 is 2.75 bits per heavy atom. The molecule has 2 N–H and O–H groups in total. The van der Waals surface area contributed by atoms with Gasteiger partial charge in [0, 0.05) is 25.7 Å². The normalized spacial score (nSPS) is 20.9. The molecule has 1 aromatic carbocycles. The Labute approximate surface area is 140 Å². The molecule has 5 nitrogen and oxygen atoms in total. The number of carbonyl (C=O) groups is 1. The number of amides is 1. The standard InChI is InChI=1S/C18H20FN3O2/c19-14-9-17(18(20)23)22(11-14)10-13-4-6-16(7-5-13)24-12-15-3-1-2-8-21-15/h1-8,14,17H,9-12H2,(H2,20,23)/t14-,17+/m1/s1. The SMILES string of the molecule is NC(=O)[C@@H]1C[C@@H](F)CN1Cc1ccc(OCc2ccccn2)cc1. The molecule has 0 radical (unpaired) electrons. The van der Waals surface area contributed by atoms with Gasteiger partial charge in [-0.3, -0.25) is 14.7 Å². The molecule has 1 amide bonds. The van der Waals surface area contributed by atoms with Crippen LogP contribution in [0.1, 0.15) is 17.7 Å². The number of halogens is 1. The maximum absolute atomic E-state index is 13.5. The van der Waals surface area contributed by atoms with Crippen LogP contribution in [0.15, 0.2) is 48.7 Å². The lowest BCUT2D eigenvalue weighted by Crippen LogP contribution is -2.39. The number of alkyl halides is 1. The summed E-state index contributed by atoms with van der Waals surface area (Å²) in [5.74, 6) is 0.270. The lowest BCUT2D eigenvalue weighted by atomic mass is 10.1. The van der Waals surface area contributed by atoms with E-state index in [0.717, 1.165) is 17.0 Å². The topological polar surface area (TPSA) is 68.5 Å². The van der Waals surface area contributed by atoms with Crippen molar-refractivity contribution in [3.8, 4) is 5.75 Å². The predicted octanol–water partition coefficient (Wildman–Crippen LogP) is 2.06. The first-order chi connectivity index (χ1) is 11.6. The Hall–Kier alpha value is -2.47. The zero-order valence-electron chi connectivity index (χ0n) is 13.3. The molecule has 1 saturated heterocycles. The number of hydrogen-bond donors (Lipinski definition) is 1. The van der Waals surface area contributed by atoms with Crippen molar-refractivity contribution in [3.63, 3.8) is 0 Å². The van der Waals surface area contributed by atoms with E-state index in [-0.39, 0.29) is 13.0 Å². The predicted molar refractivity (Wildman–Crippen MR) is 87.9 cm³/mol. The highest BCUT2D eigenvalue weighted by atomic mass is 19.1. The van der Waals surface area contributed by atoms with E-state index in [4.69, 9.17) is 10.5 Å². The second-order valence-electron chi connectivity index (χ2n) is 5.93. The van der Waals surface area contributed by atoms with Gasteiger partial charge in [-0.05, 0) is 29.8 Å². The van der Waals surface area contributed by atoms with Gasteiger partial charge in [-0.15, -0.1) is 0 Å². The number of aromatic nitrogens is 1. The number of nitrogens with zero attached hydrogens (tertiary/aromatic N) is 2. The second kappa shape index (κ2) is 7.40. The number of ether oxygens (including phenoxy) is 1. The monoisotopic (exact) mass is 329 g/mol. The molecule has 0 aliphatic carbocycles. The van der Waals surface area contributed by atoms with Gasteiger partial charge in [0.05, 0.1) is 11.7 Å². The summed E-state index contributed by atoms with van der Waals surface area (Å²) < 4.78 is 19.2. The highest BCUT2D eigenvalue weighted by molar-refractivity contribution is 5.80. The quantitative estimate of drug-likeness (QED) is 0.881. The van der Waals surface area contributed by atoms with Crippen molar-refractivity contribution in [1.29, 1.82) is 0 Å². The van der Waals surface area contributed by atoms with Crippen molar-refractivity contribution in [2.45, 2.75) is 31.8 Å². The van der Waals surface area contributed by atoms with Gasteiger partial charge < -0.3 is 10.5 Å². The minimum atomic E-state index is -0.997. The van der Waals surface area contributed by atoms with Crippen LogP contribution < -0.4 is 10.5 Å². The Bertz CT molecular complexity index is 678. The molecule has 24 heavy (non-hydrogen) atoms. The maximum atomic E-state index is 13.5. The first-order valence-corrected chi connectivity index (χ1v) is 7.91. The molecule has 6 heteroatoms. The van der Waals surface area contributed by atoms with Crippen molar-refractivity contribution in [2.24, 2.45) is 5.73 Å². The van der Waals surface area contributed by atoms with Gasteiger partial charge in [0.15, 0.2) is 0 Å². The molecule has 2 aromatic rings. The van der Waals surface area contributed by atoms with Crippen LogP contribution >= 0.6 is 0 Å². The zero-order chi connectivity index (χ0) is 16.9. The Morgan fingerprint density at radius 1 is 1.29 bits per heavy atom. The van der Waals surface area contributed by atoms with Crippen molar-refractivity contribution in [2.75, 3.05) is 6.54 Å². The van der Waals surface area contributed by atoms with E-state index in [1.54, 1.807) is 11.1 Å². The fourth-order valence-corrected chi connectivity index (χ4v) is 2.88. The van der Waals surface area contributed by atoms with Gasteiger partial charge in [0.25, 0.3) is 0 Å². The molecule has 0 bridgehead atoms. The summed E-state index contributed by atoms with van der Waals surface area (Å²) in [6, 6.07) is 12.7. The molecule has 1 fully saturated rings. The van der Waals surface area contributed by atoms with Gasteiger partial charge in [-0.2, -0.15) is 0 Å². The van der Waals surface area contributed by atoms with Crippen molar-refractivity contribution < 1.29 is 13.9 Å². The largest absolute Gasteiger partial charge is 0.487 e. The number of carbonyl (C=O) groups excluding carboxylic acids is 1. The molecule has 2 heterocycles. The Balaban J connectivity index is 1.57. The van der Waals surface area contributed by atoms with Crippen LogP contribution in [0, 0.1) is 0 Å². The number of nitrogens with two attached hydrogens (primary N) is 1. The number of hydrogen-bond acceptors (Lipinski definition) is 4. The van der Waals surface area contributed by atoms with Crippen LogP contribution in [0.4, 0.5) is 4.39 Å². The van der Waals surface area contributed by atoms with Crippen molar-refractivity contribution >= 4 is 5.91 Å². The summed E-state index contributed by atoms with van der Waals surface area (Å²) in [5, 5.41) is 0. The van der Waals surface area contributed by atoms with Crippen LogP contribution in [-0.4, -0.2) is 34.5 Å². The lowest BCUT2D eigenvalue weighted by Gasteiger charge is -2.21. The first-order valence-electron chi connectivity index (χ1n) is 7.91. The first kappa shape index (κ1) is 16.4. The van der Waals surface area contributed by atoms with E-state index >= 15 is 0 Å². The molecule has 1 aliphatic heterocycles. The van der Waals surface area contributed by atoms with Gasteiger partial charge in [-0.1, -0.05) is 18.2 Å². The van der Waals surface area contributed by atoms with E-state index in [1.165, 1.54) is 0 Å². The second-order valence-corrected chi connectivity index (χ2v) is 5.93. The summed E-state index contributed by atoms with van der Waals surface area (Å²) in [6.45, 7) is 1.14. The third-order valence-corrected chi connectivity index (χ3v) is 4.10. The van der Waals surface area contributed by atoms with Gasteiger partial charge >= 0.3 is 0 Å². The average Bonchev–Trinajstić information content (AvgIpc) is 2.96. The van der Waals surface area contributed by atoms with Crippen LogP contribution in [-0.2, 0) is 17.9 Å². The van der Waals surface area contributed by atoms with Crippen LogP contribution in [0.5, 0.6) is 5.75 Å². The molecule has 1 aliphatic rings. The molecule has 0 unspecified atom stereocenters. The van der Waals surface area contributed by atoms with Crippen LogP contribution in [0.25, 0.3) is 0 Å². The third kappa shape index (κ3) is 4.08. The van der Waals surface area contributed by atoms with Crippen LogP contribution in [0.2, 0.25) is 0 Å². The molecule has 0 spiro atoms. The van der Waals surface area contributed by atoms with Crippen molar-refractivity contribution in [3.05, 3.63) is 59.9 Å². The molecule has 2 atom stereocenters. The van der Waals surface area contributed by atoms with E-state index in [1.807, 2.05) is 42.5 Å².